The second kappa shape index (κ2) is 12.2. The van der Waals surface area contributed by atoms with Crippen LogP contribution in [0.25, 0.3) is 0 Å². The summed E-state index contributed by atoms with van der Waals surface area (Å²) in [7, 11) is 3.17. The summed E-state index contributed by atoms with van der Waals surface area (Å²) in [6.45, 7) is 8.32. The summed E-state index contributed by atoms with van der Waals surface area (Å²) in [4.78, 5) is 36.5. The zero-order chi connectivity index (χ0) is 17.7. The van der Waals surface area contributed by atoms with Crippen LogP contribution in [0.3, 0.4) is 0 Å². The number of carbonyl (C=O) groups excluding carboxylic acids is 3. The number of amides is 1. The van der Waals surface area contributed by atoms with Gasteiger partial charge in [-0.15, -0.1) is 0 Å². The van der Waals surface area contributed by atoms with E-state index in [-0.39, 0.29) is 19.8 Å². The lowest BCUT2D eigenvalue weighted by Crippen LogP contribution is -2.36. The molecule has 0 aromatic rings. The SMILES string of the molecule is C=CC(=O)OCCN(CCOC(=O)C=C)CCOC(=O)N(C)C. The van der Waals surface area contributed by atoms with Crippen LogP contribution in [0, 0.1) is 0 Å². The van der Waals surface area contributed by atoms with Crippen LogP contribution in [0.15, 0.2) is 25.3 Å². The maximum Gasteiger partial charge on any atom is 0.409 e. The highest BCUT2D eigenvalue weighted by Crippen LogP contribution is 1.94. The van der Waals surface area contributed by atoms with Gasteiger partial charge in [0.2, 0.25) is 0 Å². The number of ether oxygens (including phenoxy) is 3. The molecule has 0 N–H and O–H groups in total. The molecule has 0 aromatic carbocycles. The lowest BCUT2D eigenvalue weighted by molar-refractivity contribution is -0.138. The molecule has 0 spiro atoms. The van der Waals surface area contributed by atoms with Crippen molar-refractivity contribution in [3.8, 4) is 0 Å². The summed E-state index contributed by atoms with van der Waals surface area (Å²) in [6.07, 6.45) is 1.71. The molecule has 8 heteroatoms. The predicted molar refractivity (Wildman–Crippen MR) is 83.8 cm³/mol. The Kier molecular flexibility index (Phi) is 11.0. The van der Waals surface area contributed by atoms with Gasteiger partial charge in [-0.3, -0.25) is 4.90 Å². The predicted octanol–water partition coefficient (Wildman–Crippen LogP) is 0.445. The molecule has 0 radical (unpaired) electrons. The molecule has 0 unspecified atom stereocenters. The van der Waals surface area contributed by atoms with Gasteiger partial charge in [0.15, 0.2) is 0 Å². The lowest BCUT2D eigenvalue weighted by atomic mass is 10.4. The van der Waals surface area contributed by atoms with Crippen molar-refractivity contribution in [2.24, 2.45) is 0 Å². The molecular weight excluding hydrogens is 304 g/mol. The molecule has 8 nitrogen and oxygen atoms in total. The van der Waals surface area contributed by atoms with Crippen LogP contribution >= 0.6 is 0 Å². The van der Waals surface area contributed by atoms with Gasteiger partial charge in [-0.2, -0.15) is 0 Å². The van der Waals surface area contributed by atoms with Crippen LogP contribution in [-0.4, -0.2) is 81.4 Å². The summed E-state index contributed by atoms with van der Waals surface area (Å²) in [5.74, 6) is -1.02. The van der Waals surface area contributed by atoms with E-state index in [1.807, 2.05) is 4.90 Å². The molecule has 0 saturated carbocycles. The second-order valence-electron chi connectivity index (χ2n) is 4.59. The van der Waals surface area contributed by atoms with Crippen LogP contribution in [-0.2, 0) is 23.8 Å². The third-order valence-electron chi connectivity index (χ3n) is 2.64. The first-order valence-electron chi connectivity index (χ1n) is 7.05. The quantitative estimate of drug-likeness (QED) is 0.309. The van der Waals surface area contributed by atoms with Gasteiger partial charge in [0.05, 0.1) is 0 Å². The molecule has 0 aliphatic carbocycles. The fraction of sp³-hybridized carbons (Fsp3) is 0.533. The summed E-state index contributed by atoms with van der Waals surface area (Å²) < 4.78 is 14.8. The van der Waals surface area contributed by atoms with Crippen LogP contribution in [0.2, 0.25) is 0 Å². The third-order valence-corrected chi connectivity index (χ3v) is 2.64. The minimum Gasteiger partial charge on any atom is -0.461 e. The first-order valence-corrected chi connectivity index (χ1v) is 7.05. The van der Waals surface area contributed by atoms with Gasteiger partial charge in [0.1, 0.15) is 19.8 Å². The van der Waals surface area contributed by atoms with Crippen LogP contribution in [0.1, 0.15) is 0 Å². The number of rotatable bonds is 11. The Labute approximate surface area is 136 Å². The van der Waals surface area contributed by atoms with Crippen LogP contribution in [0.4, 0.5) is 4.79 Å². The van der Waals surface area contributed by atoms with Crippen LogP contribution in [0.5, 0.6) is 0 Å². The van der Waals surface area contributed by atoms with E-state index in [2.05, 4.69) is 13.2 Å². The molecule has 0 aliphatic rings. The molecular formula is C15H24N2O6. The molecule has 0 fully saturated rings. The molecule has 0 saturated heterocycles. The summed E-state index contributed by atoms with van der Waals surface area (Å²) >= 11 is 0. The fourth-order valence-electron chi connectivity index (χ4n) is 1.40. The normalized spacial score (nSPS) is 9.87. The first kappa shape index (κ1) is 20.6. The van der Waals surface area contributed by atoms with E-state index in [4.69, 9.17) is 14.2 Å². The van der Waals surface area contributed by atoms with Gasteiger partial charge < -0.3 is 19.1 Å². The van der Waals surface area contributed by atoms with Crippen molar-refractivity contribution < 1.29 is 28.6 Å². The number of hydrogen-bond donors (Lipinski definition) is 0. The Morgan fingerprint density at radius 2 is 1.22 bits per heavy atom. The van der Waals surface area contributed by atoms with Crippen molar-refractivity contribution >= 4 is 18.0 Å². The summed E-state index contributed by atoms with van der Waals surface area (Å²) in [6, 6.07) is 0. The van der Waals surface area contributed by atoms with E-state index < -0.39 is 18.0 Å². The van der Waals surface area contributed by atoms with Crippen molar-refractivity contribution in [2.75, 3.05) is 53.6 Å². The average molecular weight is 328 g/mol. The van der Waals surface area contributed by atoms with Crippen molar-refractivity contribution in [2.45, 2.75) is 0 Å². The van der Waals surface area contributed by atoms with E-state index in [9.17, 15) is 14.4 Å². The van der Waals surface area contributed by atoms with E-state index in [1.165, 1.54) is 4.90 Å². The zero-order valence-electron chi connectivity index (χ0n) is 13.7. The maximum absolute atomic E-state index is 11.3. The van der Waals surface area contributed by atoms with Crippen molar-refractivity contribution in [3.05, 3.63) is 25.3 Å². The van der Waals surface area contributed by atoms with E-state index in [0.717, 1.165) is 12.2 Å². The average Bonchev–Trinajstić information content (AvgIpc) is 2.53. The Hall–Kier alpha value is -2.35. The van der Waals surface area contributed by atoms with Crippen molar-refractivity contribution in [1.29, 1.82) is 0 Å². The summed E-state index contributed by atoms with van der Waals surface area (Å²) in [5, 5.41) is 0. The monoisotopic (exact) mass is 328 g/mol. The Morgan fingerprint density at radius 1 is 0.826 bits per heavy atom. The minimum absolute atomic E-state index is 0.155. The Morgan fingerprint density at radius 3 is 1.57 bits per heavy atom. The minimum atomic E-state index is -0.512. The largest absolute Gasteiger partial charge is 0.461 e. The number of esters is 2. The molecule has 0 aliphatic heterocycles. The third kappa shape index (κ3) is 10.9. The smallest absolute Gasteiger partial charge is 0.409 e. The second-order valence-corrected chi connectivity index (χ2v) is 4.59. The molecule has 130 valence electrons. The molecule has 0 atom stereocenters. The topological polar surface area (TPSA) is 85.4 Å². The zero-order valence-corrected chi connectivity index (χ0v) is 13.7. The van der Waals surface area contributed by atoms with Gasteiger partial charge in [-0.05, 0) is 0 Å². The highest BCUT2D eigenvalue weighted by atomic mass is 16.6. The van der Waals surface area contributed by atoms with E-state index >= 15 is 0 Å². The highest BCUT2D eigenvalue weighted by Gasteiger charge is 2.10. The number of hydrogen-bond acceptors (Lipinski definition) is 7. The maximum atomic E-state index is 11.3. The molecule has 0 bridgehead atoms. The lowest BCUT2D eigenvalue weighted by Gasteiger charge is -2.22. The standard InChI is InChI=1S/C15H24N2O6/c1-5-13(18)21-10-7-17(8-11-22-14(19)6-2)9-12-23-15(20)16(3)4/h5-6H,1-2,7-12H2,3-4H3. The molecule has 0 aromatic heterocycles. The molecule has 1 amide bonds. The van der Waals surface area contributed by atoms with Gasteiger partial charge in [-0.25, -0.2) is 14.4 Å². The van der Waals surface area contributed by atoms with Gasteiger partial charge in [0.25, 0.3) is 0 Å². The van der Waals surface area contributed by atoms with Gasteiger partial charge in [0, 0.05) is 45.9 Å². The Balaban J connectivity index is 4.21. The molecule has 0 rings (SSSR count). The van der Waals surface area contributed by atoms with E-state index in [0.29, 0.717) is 19.6 Å². The summed E-state index contributed by atoms with van der Waals surface area (Å²) in [5.41, 5.74) is 0. The van der Waals surface area contributed by atoms with Crippen molar-refractivity contribution in [1.82, 2.24) is 9.80 Å². The van der Waals surface area contributed by atoms with Gasteiger partial charge in [-0.1, -0.05) is 13.2 Å². The highest BCUT2D eigenvalue weighted by molar-refractivity contribution is 5.81. The Bertz CT molecular complexity index is 396. The molecule has 0 heterocycles. The van der Waals surface area contributed by atoms with Crippen molar-refractivity contribution in [3.63, 3.8) is 0 Å². The fourth-order valence-corrected chi connectivity index (χ4v) is 1.40. The number of carbonyl (C=O) groups is 3. The van der Waals surface area contributed by atoms with Crippen LogP contribution < -0.4 is 0 Å². The van der Waals surface area contributed by atoms with E-state index in [1.54, 1.807) is 14.1 Å². The first-order chi connectivity index (χ1) is 10.9. The van der Waals surface area contributed by atoms with Gasteiger partial charge >= 0.3 is 18.0 Å². The molecule has 23 heavy (non-hydrogen) atoms. The number of nitrogens with zero attached hydrogens (tertiary/aromatic N) is 2.